The largest absolute Gasteiger partial charge is 0.417 e. The fourth-order valence-corrected chi connectivity index (χ4v) is 2.94. The van der Waals surface area contributed by atoms with Crippen LogP contribution >= 0.6 is 0 Å². The lowest BCUT2D eigenvalue weighted by Crippen LogP contribution is -2.49. The van der Waals surface area contributed by atoms with Crippen molar-refractivity contribution in [3.63, 3.8) is 0 Å². The Hall–Kier alpha value is -3.22. The van der Waals surface area contributed by atoms with E-state index in [0.29, 0.717) is 43.0 Å². The van der Waals surface area contributed by atoms with Crippen LogP contribution in [0.3, 0.4) is 0 Å². The quantitative estimate of drug-likeness (QED) is 0.776. The Morgan fingerprint density at radius 1 is 1.04 bits per heavy atom. The number of piperazine rings is 1. The van der Waals surface area contributed by atoms with Gasteiger partial charge in [0.05, 0.1) is 5.52 Å². The van der Waals surface area contributed by atoms with E-state index in [1.807, 2.05) is 30.3 Å². The summed E-state index contributed by atoms with van der Waals surface area (Å²) in [6, 6.07) is 14.6. The molecule has 1 aliphatic rings. The lowest BCUT2D eigenvalue weighted by atomic mass is 10.2. The van der Waals surface area contributed by atoms with E-state index in [4.69, 9.17) is 9.15 Å². The first-order chi connectivity index (χ1) is 12.2. The Balaban J connectivity index is 1.40. The van der Waals surface area contributed by atoms with Gasteiger partial charge in [-0.2, -0.15) is 0 Å². The summed E-state index contributed by atoms with van der Waals surface area (Å²) in [6.07, 6.45) is -0.333. The number of aromatic amines is 1. The summed E-state index contributed by atoms with van der Waals surface area (Å²) in [7, 11) is 0. The minimum Gasteiger partial charge on any atom is -0.410 e. The molecule has 0 bridgehead atoms. The van der Waals surface area contributed by atoms with Crippen LogP contribution in [0.4, 0.5) is 10.5 Å². The number of nitrogens with one attached hydrogen (secondary N) is 1. The van der Waals surface area contributed by atoms with Crippen molar-refractivity contribution < 1.29 is 13.9 Å². The van der Waals surface area contributed by atoms with Crippen LogP contribution in [0.1, 0.15) is 0 Å². The number of carbonyl (C=O) groups is 1. The Kier molecular flexibility index (Phi) is 3.89. The zero-order valence-electron chi connectivity index (χ0n) is 13.5. The second-order valence-corrected chi connectivity index (χ2v) is 5.85. The number of H-pyrrole nitrogens is 1. The number of anilines is 1. The molecule has 0 aliphatic carbocycles. The maximum atomic E-state index is 12.2. The number of rotatable bonds is 2. The Bertz CT molecular complexity index is 940. The van der Waals surface area contributed by atoms with E-state index in [1.165, 1.54) is 0 Å². The fourth-order valence-electron chi connectivity index (χ4n) is 2.94. The molecule has 128 valence electrons. The molecule has 1 fully saturated rings. The number of hydrogen-bond donors (Lipinski definition) is 1. The summed E-state index contributed by atoms with van der Waals surface area (Å²) in [5.74, 6) is 0.0879. The molecule has 1 aromatic heterocycles. The second kappa shape index (κ2) is 6.35. The average Bonchev–Trinajstić information content (AvgIpc) is 3.02. The number of benzene rings is 2. The molecule has 7 nitrogen and oxygen atoms in total. The van der Waals surface area contributed by atoms with Gasteiger partial charge >= 0.3 is 11.8 Å². The molecule has 1 saturated heterocycles. The van der Waals surface area contributed by atoms with Crippen molar-refractivity contribution in [3.8, 4) is 5.75 Å². The van der Waals surface area contributed by atoms with Gasteiger partial charge in [0.25, 0.3) is 0 Å². The number of oxazole rings is 1. The van der Waals surface area contributed by atoms with Crippen LogP contribution in [0, 0.1) is 0 Å². The number of carbonyl (C=O) groups excluding carboxylic acids is 1. The molecular weight excluding hydrogens is 322 g/mol. The molecule has 7 heteroatoms. The van der Waals surface area contributed by atoms with E-state index >= 15 is 0 Å². The van der Waals surface area contributed by atoms with Gasteiger partial charge in [-0.1, -0.05) is 18.2 Å². The number of fused-ring (bicyclic) bond motifs is 1. The van der Waals surface area contributed by atoms with Crippen molar-refractivity contribution in [2.75, 3.05) is 31.1 Å². The molecular formula is C18H17N3O4. The third-order valence-electron chi connectivity index (χ3n) is 4.25. The molecule has 25 heavy (non-hydrogen) atoms. The molecule has 0 spiro atoms. The van der Waals surface area contributed by atoms with Crippen molar-refractivity contribution in [3.05, 3.63) is 59.1 Å². The first-order valence-electron chi connectivity index (χ1n) is 8.09. The van der Waals surface area contributed by atoms with Crippen molar-refractivity contribution in [1.82, 2.24) is 9.88 Å². The highest BCUT2D eigenvalue weighted by atomic mass is 16.6. The Labute approximate surface area is 143 Å². The minimum absolute atomic E-state index is 0.333. The topological polar surface area (TPSA) is 78.8 Å². The molecule has 1 amide bonds. The van der Waals surface area contributed by atoms with Crippen LogP contribution in [-0.4, -0.2) is 42.2 Å². The summed E-state index contributed by atoms with van der Waals surface area (Å²) in [6.45, 7) is 2.53. The second-order valence-electron chi connectivity index (χ2n) is 5.85. The van der Waals surface area contributed by atoms with Crippen LogP contribution in [-0.2, 0) is 0 Å². The lowest BCUT2D eigenvalue weighted by molar-refractivity contribution is 0.149. The molecule has 0 atom stereocenters. The number of hydrogen-bond acceptors (Lipinski definition) is 5. The van der Waals surface area contributed by atoms with Gasteiger partial charge in [0.1, 0.15) is 5.75 Å². The van der Waals surface area contributed by atoms with Crippen LogP contribution in [0.2, 0.25) is 0 Å². The summed E-state index contributed by atoms with van der Waals surface area (Å²) >= 11 is 0. The normalized spacial score (nSPS) is 14.7. The molecule has 3 aromatic rings. The van der Waals surface area contributed by atoms with Gasteiger partial charge < -0.3 is 19.0 Å². The molecule has 0 radical (unpaired) electrons. The number of para-hydroxylation sites is 1. The maximum absolute atomic E-state index is 12.2. The monoisotopic (exact) mass is 339 g/mol. The predicted octanol–water partition coefficient (Wildman–Crippen LogP) is 2.44. The summed E-state index contributed by atoms with van der Waals surface area (Å²) < 4.78 is 10.4. The van der Waals surface area contributed by atoms with Gasteiger partial charge in [-0.15, -0.1) is 0 Å². The summed E-state index contributed by atoms with van der Waals surface area (Å²) in [5, 5.41) is 0. The van der Waals surface area contributed by atoms with Crippen molar-refractivity contribution in [2.45, 2.75) is 0 Å². The highest BCUT2D eigenvalue weighted by molar-refractivity contribution is 5.77. The number of nitrogens with zero attached hydrogens (tertiary/aromatic N) is 2. The Morgan fingerprint density at radius 2 is 1.80 bits per heavy atom. The van der Waals surface area contributed by atoms with Gasteiger partial charge in [0.15, 0.2) is 5.58 Å². The third-order valence-corrected chi connectivity index (χ3v) is 4.25. The van der Waals surface area contributed by atoms with Crippen LogP contribution < -0.4 is 15.4 Å². The van der Waals surface area contributed by atoms with Gasteiger partial charge in [-0.25, -0.2) is 9.59 Å². The van der Waals surface area contributed by atoms with E-state index in [0.717, 1.165) is 5.69 Å². The van der Waals surface area contributed by atoms with Gasteiger partial charge in [-0.3, -0.25) is 4.98 Å². The highest BCUT2D eigenvalue weighted by Crippen LogP contribution is 2.21. The third kappa shape index (κ3) is 3.21. The van der Waals surface area contributed by atoms with E-state index < -0.39 is 5.76 Å². The van der Waals surface area contributed by atoms with Gasteiger partial charge in [0.2, 0.25) is 0 Å². The maximum Gasteiger partial charge on any atom is 0.417 e. The van der Waals surface area contributed by atoms with E-state index in [-0.39, 0.29) is 6.09 Å². The first-order valence-corrected chi connectivity index (χ1v) is 8.09. The standard InChI is InChI=1S/C18H17N3O4/c22-17-19-15-12-13(6-7-16(15)25-17)20-8-10-21(11-9-20)18(23)24-14-4-2-1-3-5-14/h1-7,12H,8-11H2,(H,19,22). The van der Waals surface area contributed by atoms with Gasteiger partial charge in [0, 0.05) is 31.9 Å². The van der Waals surface area contributed by atoms with E-state index in [1.54, 1.807) is 23.1 Å². The smallest absolute Gasteiger partial charge is 0.410 e. The number of amides is 1. The number of aromatic nitrogens is 1. The molecule has 2 heterocycles. The SMILES string of the molecule is O=C(Oc1ccccc1)N1CCN(c2ccc3oc(=O)[nH]c3c2)CC1. The summed E-state index contributed by atoms with van der Waals surface area (Å²) in [5.41, 5.74) is 2.20. The van der Waals surface area contributed by atoms with Gasteiger partial charge in [-0.05, 0) is 30.3 Å². The zero-order chi connectivity index (χ0) is 17.2. The molecule has 1 N–H and O–H groups in total. The van der Waals surface area contributed by atoms with Crippen molar-refractivity contribution in [1.29, 1.82) is 0 Å². The van der Waals surface area contributed by atoms with Crippen LogP contribution in [0.25, 0.3) is 11.1 Å². The minimum atomic E-state index is -0.458. The highest BCUT2D eigenvalue weighted by Gasteiger charge is 2.23. The van der Waals surface area contributed by atoms with Crippen LogP contribution in [0.5, 0.6) is 5.75 Å². The lowest BCUT2D eigenvalue weighted by Gasteiger charge is -2.35. The van der Waals surface area contributed by atoms with Crippen molar-refractivity contribution >= 4 is 22.9 Å². The fraction of sp³-hybridized carbons (Fsp3) is 0.222. The predicted molar refractivity (Wildman–Crippen MR) is 93.1 cm³/mol. The Morgan fingerprint density at radius 3 is 2.56 bits per heavy atom. The molecule has 1 aliphatic heterocycles. The van der Waals surface area contributed by atoms with Crippen LogP contribution in [0.15, 0.2) is 57.7 Å². The van der Waals surface area contributed by atoms with E-state index in [9.17, 15) is 9.59 Å². The average molecular weight is 339 g/mol. The zero-order valence-corrected chi connectivity index (χ0v) is 13.5. The van der Waals surface area contributed by atoms with E-state index in [2.05, 4.69) is 9.88 Å². The molecule has 0 unspecified atom stereocenters. The molecule has 4 rings (SSSR count). The molecule has 0 saturated carbocycles. The van der Waals surface area contributed by atoms with Crippen molar-refractivity contribution in [2.24, 2.45) is 0 Å². The summed E-state index contributed by atoms with van der Waals surface area (Å²) in [4.78, 5) is 30.0. The first kappa shape index (κ1) is 15.3. The number of ether oxygens (including phenoxy) is 1. The molecule has 2 aromatic carbocycles.